The van der Waals surface area contributed by atoms with Gasteiger partial charge in [-0.2, -0.15) is 0 Å². The van der Waals surface area contributed by atoms with E-state index in [0.29, 0.717) is 13.0 Å². The van der Waals surface area contributed by atoms with Crippen molar-refractivity contribution in [2.45, 2.75) is 25.2 Å². The van der Waals surface area contributed by atoms with Crippen LogP contribution in [0, 0.1) is 5.82 Å². The van der Waals surface area contributed by atoms with Crippen molar-refractivity contribution >= 4 is 5.91 Å². The van der Waals surface area contributed by atoms with E-state index in [0.717, 1.165) is 42.0 Å². The first kappa shape index (κ1) is 18.2. The highest BCUT2D eigenvalue weighted by atomic mass is 19.1. The number of benzene rings is 1. The second kappa shape index (κ2) is 8.25. The number of rotatable bonds is 4. The number of nitrogens with zero attached hydrogens (tertiary/aromatic N) is 4. The van der Waals surface area contributed by atoms with Crippen LogP contribution in [0.4, 0.5) is 4.39 Å². The Morgan fingerprint density at radius 2 is 1.86 bits per heavy atom. The number of pyridine rings is 1. The average Bonchev–Trinajstić information content (AvgIpc) is 2.75. The summed E-state index contributed by atoms with van der Waals surface area (Å²) in [4.78, 5) is 28.0. The van der Waals surface area contributed by atoms with Crippen LogP contribution in [0.15, 0.2) is 61.1 Å². The molecule has 1 fully saturated rings. The predicted octanol–water partition coefficient (Wildman–Crippen LogP) is 3.63. The predicted molar refractivity (Wildman–Crippen MR) is 104 cm³/mol. The van der Waals surface area contributed by atoms with Crippen LogP contribution in [0.2, 0.25) is 0 Å². The smallest absolute Gasteiger partial charge is 0.228 e. The number of hydrogen-bond donors (Lipinski definition) is 0. The number of carbonyl (C=O) groups excluding carboxylic acids is 1. The van der Waals surface area contributed by atoms with Gasteiger partial charge in [-0.3, -0.25) is 19.7 Å². The molecule has 0 spiro atoms. The Kier molecular flexibility index (Phi) is 5.37. The zero-order chi connectivity index (χ0) is 19.3. The van der Waals surface area contributed by atoms with Gasteiger partial charge in [-0.1, -0.05) is 6.07 Å². The normalized spacial score (nSPS) is 16.8. The quantitative estimate of drug-likeness (QED) is 0.698. The Labute approximate surface area is 163 Å². The molecule has 1 unspecified atom stereocenters. The monoisotopic (exact) mass is 376 g/mol. The summed E-state index contributed by atoms with van der Waals surface area (Å²) in [5.74, 6) is -0.0936. The Morgan fingerprint density at radius 1 is 1.04 bits per heavy atom. The highest BCUT2D eigenvalue weighted by Crippen LogP contribution is 2.32. The highest BCUT2D eigenvalue weighted by Gasteiger charge is 2.28. The topological polar surface area (TPSA) is 59.0 Å². The van der Waals surface area contributed by atoms with Gasteiger partial charge in [0.2, 0.25) is 5.91 Å². The van der Waals surface area contributed by atoms with Gasteiger partial charge in [-0.25, -0.2) is 4.39 Å². The van der Waals surface area contributed by atoms with Crippen LogP contribution in [-0.2, 0) is 11.2 Å². The molecule has 28 heavy (non-hydrogen) atoms. The standard InChI is InChI=1S/C22H21FN4O/c23-18-8-6-16(7-9-18)21-22(26-12-11-25-21)17-4-3-13-27(15-17)20(28)14-19-5-1-2-10-24-19/h1-2,5-12,17H,3-4,13-15H2. The van der Waals surface area contributed by atoms with E-state index in [1.807, 2.05) is 23.1 Å². The van der Waals surface area contributed by atoms with E-state index in [9.17, 15) is 9.18 Å². The van der Waals surface area contributed by atoms with Crippen molar-refractivity contribution in [1.82, 2.24) is 19.9 Å². The van der Waals surface area contributed by atoms with Gasteiger partial charge in [0, 0.05) is 48.9 Å². The average molecular weight is 376 g/mol. The molecule has 5 nitrogen and oxygen atoms in total. The zero-order valence-corrected chi connectivity index (χ0v) is 15.5. The molecule has 1 aliphatic rings. The maximum absolute atomic E-state index is 13.3. The van der Waals surface area contributed by atoms with E-state index in [2.05, 4.69) is 15.0 Å². The summed E-state index contributed by atoms with van der Waals surface area (Å²) >= 11 is 0. The van der Waals surface area contributed by atoms with Gasteiger partial charge in [0.15, 0.2) is 0 Å². The molecule has 1 saturated heterocycles. The molecule has 0 aliphatic carbocycles. The first-order valence-electron chi connectivity index (χ1n) is 9.45. The Morgan fingerprint density at radius 3 is 2.64 bits per heavy atom. The molecule has 0 radical (unpaired) electrons. The lowest BCUT2D eigenvalue weighted by Crippen LogP contribution is -2.40. The summed E-state index contributed by atoms with van der Waals surface area (Å²) in [6.45, 7) is 1.35. The third-order valence-electron chi connectivity index (χ3n) is 5.06. The van der Waals surface area contributed by atoms with Gasteiger partial charge in [-0.15, -0.1) is 0 Å². The molecule has 2 aromatic heterocycles. The van der Waals surface area contributed by atoms with Crippen molar-refractivity contribution in [1.29, 1.82) is 0 Å². The number of likely N-dealkylation sites (tertiary alicyclic amines) is 1. The largest absolute Gasteiger partial charge is 0.342 e. The fourth-order valence-corrected chi connectivity index (χ4v) is 3.67. The SMILES string of the molecule is O=C(Cc1ccccn1)N1CCCC(c2nccnc2-c2ccc(F)cc2)C1. The molecule has 1 aliphatic heterocycles. The van der Waals surface area contributed by atoms with Crippen LogP contribution in [0.1, 0.15) is 30.1 Å². The first-order valence-corrected chi connectivity index (χ1v) is 9.45. The lowest BCUT2D eigenvalue weighted by atomic mass is 9.91. The van der Waals surface area contributed by atoms with E-state index in [1.165, 1.54) is 12.1 Å². The maximum atomic E-state index is 13.3. The number of aromatic nitrogens is 3. The summed E-state index contributed by atoms with van der Waals surface area (Å²) in [5, 5.41) is 0. The highest BCUT2D eigenvalue weighted by molar-refractivity contribution is 5.78. The fraction of sp³-hybridized carbons (Fsp3) is 0.273. The van der Waals surface area contributed by atoms with Gasteiger partial charge in [-0.05, 0) is 49.2 Å². The Hall–Kier alpha value is -3.15. The maximum Gasteiger partial charge on any atom is 0.228 e. The fourth-order valence-electron chi connectivity index (χ4n) is 3.67. The van der Waals surface area contributed by atoms with Crippen molar-refractivity contribution < 1.29 is 9.18 Å². The van der Waals surface area contributed by atoms with Gasteiger partial charge in [0.05, 0.1) is 17.8 Å². The third-order valence-corrected chi connectivity index (χ3v) is 5.06. The molecule has 3 aromatic rings. The van der Waals surface area contributed by atoms with Crippen molar-refractivity contribution in [3.05, 3.63) is 78.3 Å². The van der Waals surface area contributed by atoms with Crippen LogP contribution >= 0.6 is 0 Å². The molecule has 4 rings (SSSR count). The molecule has 3 heterocycles. The molecule has 1 atom stereocenters. The van der Waals surface area contributed by atoms with E-state index >= 15 is 0 Å². The van der Waals surface area contributed by atoms with Crippen LogP contribution in [0.3, 0.4) is 0 Å². The second-order valence-corrected chi connectivity index (χ2v) is 6.97. The van der Waals surface area contributed by atoms with E-state index in [-0.39, 0.29) is 17.6 Å². The molecular formula is C22H21FN4O. The lowest BCUT2D eigenvalue weighted by Gasteiger charge is -2.33. The van der Waals surface area contributed by atoms with Crippen molar-refractivity contribution in [3.8, 4) is 11.3 Å². The Balaban J connectivity index is 1.54. The minimum absolute atomic E-state index is 0.0793. The minimum atomic E-state index is -0.279. The summed E-state index contributed by atoms with van der Waals surface area (Å²) in [6, 6.07) is 11.9. The van der Waals surface area contributed by atoms with E-state index in [1.54, 1.807) is 30.7 Å². The number of piperidine rings is 1. The van der Waals surface area contributed by atoms with Crippen molar-refractivity contribution in [2.24, 2.45) is 0 Å². The zero-order valence-electron chi connectivity index (χ0n) is 15.5. The molecule has 6 heteroatoms. The van der Waals surface area contributed by atoms with Crippen molar-refractivity contribution in [3.63, 3.8) is 0 Å². The van der Waals surface area contributed by atoms with Crippen LogP contribution in [0.25, 0.3) is 11.3 Å². The number of amides is 1. The number of hydrogen-bond acceptors (Lipinski definition) is 4. The van der Waals surface area contributed by atoms with Crippen molar-refractivity contribution in [2.75, 3.05) is 13.1 Å². The number of halogens is 1. The third kappa shape index (κ3) is 4.06. The molecular weight excluding hydrogens is 355 g/mol. The van der Waals surface area contributed by atoms with Crippen LogP contribution in [-0.4, -0.2) is 38.8 Å². The van der Waals surface area contributed by atoms with Gasteiger partial charge in [0.1, 0.15) is 5.82 Å². The van der Waals surface area contributed by atoms with Gasteiger partial charge < -0.3 is 4.90 Å². The molecule has 0 bridgehead atoms. The van der Waals surface area contributed by atoms with E-state index in [4.69, 9.17) is 0 Å². The van der Waals surface area contributed by atoms with Crippen LogP contribution in [0.5, 0.6) is 0 Å². The first-order chi connectivity index (χ1) is 13.7. The number of carbonyl (C=O) groups is 1. The lowest BCUT2D eigenvalue weighted by molar-refractivity contribution is -0.131. The molecule has 142 valence electrons. The Bertz CT molecular complexity index is 946. The van der Waals surface area contributed by atoms with E-state index < -0.39 is 0 Å². The summed E-state index contributed by atoms with van der Waals surface area (Å²) in [7, 11) is 0. The molecule has 0 saturated carbocycles. The minimum Gasteiger partial charge on any atom is -0.342 e. The second-order valence-electron chi connectivity index (χ2n) is 6.97. The molecule has 1 amide bonds. The summed E-state index contributed by atoms with van der Waals surface area (Å²) in [6.07, 6.45) is 7.19. The molecule has 0 N–H and O–H groups in total. The molecule has 1 aromatic carbocycles. The summed E-state index contributed by atoms with van der Waals surface area (Å²) in [5.41, 5.74) is 3.23. The van der Waals surface area contributed by atoms with Gasteiger partial charge >= 0.3 is 0 Å². The summed E-state index contributed by atoms with van der Waals surface area (Å²) < 4.78 is 13.3. The van der Waals surface area contributed by atoms with Gasteiger partial charge in [0.25, 0.3) is 0 Å². The van der Waals surface area contributed by atoms with Crippen LogP contribution < -0.4 is 0 Å².